The first-order valence-corrected chi connectivity index (χ1v) is 22.1. The highest BCUT2D eigenvalue weighted by atomic mass is 35.5. The number of benzene rings is 4. The van der Waals surface area contributed by atoms with Crippen molar-refractivity contribution >= 4 is 109 Å². The molecule has 4 heterocycles. The largest absolute Gasteiger partial charge is 0.505 e. The third-order valence-electron chi connectivity index (χ3n) is 8.55. The minimum absolute atomic E-state index is 0.0385. The fraction of sp³-hybridized carbons (Fsp3) is 0.167. The molecule has 57 heavy (non-hydrogen) atoms. The number of halogens is 4. The van der Waals surface area contributed by atoms with Crippen molar-refractivity contribution in [3.8, 4) is 11.5 Å². The minimum Gasteiger partial charge on any atom is -0.505 e. The van der Waals surface area contributed by atoms with Crippen LogP contribution >= 0.6 is 45.9 Å². The summed E-state index contributed by atoms with van der Waals surface area (Å²) in [5.74, 6) is -4.89. The number of phenolic OH excluding ortho intramolecular Hbond substituents is 2. The van der Waals surface area contributed by atoms with Crippen molar-refractivity contribution in [2.24, 2.45) is 0 Å². The van der Waals surface area contributed by atoms with Crippen LogP contribution in [0.5, 0.6) is 11.5 Å². The average molecular weight is 900 g/mol. The number of hydrogen-bond acceptors (Lipinski definition) is 11. The van der Waals surface area contributed by atoms with Crippen molar-refractivity contribution in [2.45, 2.75) is 22.6 Å². The quantitative estimate of drug-likeness (QED) is 0.0871. The van der Waals surface area contributed by atoms with Gasteiger partial charge in [0, 0.05) is 28.1 Å². The number of carbonyl (C=O) groups is 2. The predicted molar refractivity (Wildman–Crippen MR) is 216 cm³/mol. The van der Waals surface area contributed by atoms with Crippen molar-refractivity contribution in [1.29, 1.82) is 0 Å². The summed E-state index contributed by atoms with van der Waals surface area (Å²) in [6, 6.07) is 12.4. The standard InChI is InChI=1S/C18H14ClFN2O4S2.C15H9ClFNO5S2.C3H7N/c19-12-6-11(18(24)22-3-1-4-22)8-16(17(12)23)28(25,26)21-14-7-10-2-5-27-15(10)9-13(14)20;16-9-3-8(15(20)21)5-13(14(9)19)25(22,23)18-11-4-7-1-2-24-12(7)6-10(11)17;1-2-4-3-1/h2,5-9,21,23H,1,3-4H2;1-6,18-19H,(H,20,21);4H,1-3H2. The van der Waals surface area contributed by atoms with E-state index in [1.807, 2.05) is 4.72 Å². The van der Waals surface area contributed by atoms with Crippen LogP contribution in [-0.4, -0.2) is 75.1 Å². The van der Waals surface area contributed by atoms with Crippen molar-refractivity contribution in [3.63, 3.8) is 0 Å². The van der Waals surface area contributed by atoms with Crippen molar-refractivity contribution < 1.29 is 50.5 Å². The van der Waals surface area contributed by atoms with Gasteiger partial charge in [-0.05, 0) is 108 Å². The Kier molecular flexibility index (Phi) is 12.5. The van der Waals surface area contributed by atoms with Gasteiger partial charge in [-0.2, -0.15) is 0 Å². The first-order valence-electron chi connectivity index (χ1n) is 16.6. The summed E-state index contributed by atoms with van der Waals surface area (Å²) in [6.45, 7) is 3.65. The monoisotopic (exact) mass is 898 g/mol. The highest BCUT2D eigenvalue weighted by Gasteiger charge is 2.29. The summed E-state index contributed by atoms with van der Waals surface area (Å²) in [5.41, 5.74) is -0.989. The topological polar surface area (TPSA) is 202 Å². The summed E-state index contributed by atoms with van der Waals surface area (Å²) in [4.78, 5) is 23.7. The number of amides is 1. The molecule has 0 aliphatic carbocycles. The zero-order valence-corrected chi connectivity index (χ0v) is 33.8. The zero-order chi connectivity index (χ0) is 41.2. The lowest BCUT2D eigenvalue weighted by atomic mass is 10.1. The molecular weight excluding hydrogens is 870 g/mol. The minimum atomic E-state index is -4.48. The van der Waals surface area contributed by atoms with E-state index in [1.165, 1.54) is 77.4 Å². The lowest BCUT2D eigenvalue weighted by Crippen LogP contribution is -2.42. The van der Waals surface area contributed by atoms with Crippen LogP contribution in [0.3, 0.4) is 0 Å². The third kappa shape index (κ3) is 9.35. The maximum absolute atomic E-state index is 14.3. The number of aromatic hydroxyl groups is 2. The number of anilines is 2. The van der Waals surface area contributed by atoms with Crippen molar-refractivity contribution in [1.82, 2.24) is 10.2 Å². The lowest BCUT2D eigenvalue weighted by molar-refractivity contribution is 0.0650. The molecule has 0 saturated carbocycles. The summed E-state index contributed by atoms with van der Waals surface area (Å²) in [6.07, 6.45) is 2.26. The average Bonchev–Trinajstić information content (AvgIpc) is 3.74. The Balaban J connectivity index is 0.000000176. The van der Waals surface area contributed by atoms with E-state index in [4.69, 9.17) is 28.3 Å². The van der Waals surface area contributed by atoms with Crippen LogP contribution in [0, 0.1) is 11.6 Å². The van der Waals surface area contributed by atoms with E-state index < -0.39 is 69.5 Å². The van der Waals surface area contributed by atoms with Crippen LogP contribution < -0.4 is 14.8 Å². The molecule has 0 bridgehead atoms. The number of likely N-dealkylation sites (tertiary alicyclic amines) is 1. The second-order valence-electron chi connectivity index (χ2n) is 12.5. The Morgan fingerprint density at radius 3 is 1.51 bits per heavy atom. The summed E-state index contributed by atoms with van der Waals surface area (Å²) >= 11 is 14.3. The van der Waals surface area contributed by atoms with Gasteiger partial charge in [-0.25, -0.2) is 30.4 Å². The van der Waals surface area contributed by atoms with Gasteiger partial charge in [0.05, 0.1) is 27.0 Å². The van der Waals surface area contributed by atoms with Crippen molar-refractivity contribution in [2.75, 3.05) is 35.6 Å². The van der Waals surface area contributed by atoms with E-state index >= 15 is 0 Å². The predicted octanol–water partition coefficient (Wildman–Crippen LogP) is 7.92. The molecule has 2 aliphatic heterocycles. The molecule has 21 heteroatoms. The van der Waals surface area contributed by atoms with E-state index in [0.717, 1.165) is 24.6 Å². The highest BCUT2D eigenvalue weighted by molar-refractivity contribution is 7.93. The number of nitrogens with one attached hydrogen (secondary N) is 3. The Morgan fingerprint density at radius 1 is 0.702 bits per heavy atom. The van der Waals surface area contributed by atoms with E-state index in [0.29, 0.717) is 33.3 Å². The van der Waals surface area contributed by atoms with Crippen LogP contribution in [0.2, 0.25) is 10.0 Å². The van der Waals surface area contributed by atoms with Crippen LogP contribution in [0.4, 0.5) is 20.2 Å². The molecule has 2 saturated heterocycles. The molecule has 0 radical (unpaired) electrons. The molecule has 0 spiro atoms. The second-order valence-corrected chi connectivity index (χ2v) is 18.5. The molecule has 2 aliphatic rings. The maximum Gasteiger partial charge on any atom is 0.335 e. The van der Waals surface area contributed by atoms with Gasteiger partial charge >= 0.3 is 5.97 Å². The van der Waals surface area contributed by atoms with Gasteiger partial charge < -0.3 is 25.5 Å². The van der Waals surface area contributed by atoms with Gasteiger partial charge in [-0.1, -0.05) is 23.2 Å². The van der Waals surface area contributed by atoms with Gasteiger partial charge in [-0.15, -0.1) is 22.7 Å². The van der Waals surface area contributed by atoms with E-state index in [9.17, 15) is 45.4 Å². The summed E-state index contributed by atoms with van der Waals surface area (Å²) in [5, 5.41) is 36.2. The number of phenols is 2. The number of rotatable bonds is 8. The molecule has 6 aromatic rings. The van der Waals surface area contributed by atoms with Gasteiger partial charge in [0.2, 0.25) is 0 Å². The molecule has 4 aromatic carbocycles. The van der Waals surface area contributed by atoms with Crippen LogP contribution in [0.1, 0.15) is 33.6 Å². The first-order chi connectivity index (χ1) is 26.9. The number of carboxylic acids is 1. The number of aromatic carboxylic acids is 1. The maximum atomic E-state index is 14.3. The van der Waals surface area contributed by atoms with E-state index in [-0.39, 0.29) is 27.9 Å². The van der Waals surface area contributed by atoms with Gasteiger partial charge in [0.15, 0.2) is 11.5 Å². The van der Waals surface area contributed by atoms with E-state index in [2.05, 4.69) is 10.0 Å². The number of nitrogens with zero attached hydrogens (tertiary/aromatic N) is 1. The smallest absolute Gasteiger partial charge is 0.335 e. The number of hydrogen-bond donors (Lipinski definition) is 6. The fourth-order valence-corrected chi connectivity index (χ4v) is 9.76. The summed E-state index contributed by atoms with van der Waals surface area (Å²) in [7, 11) is -8.88. The Hall–Kier alpha value is -4.76. The Labute approximate surface area is 342 Å². The van der Waals surface area contributed by atoms with Crippen LogP contribution in [-0.2, 0) is 20.0 Å². The Bertz CT molecular complexity index is 2750. The molecule has 300 valence electrons. The SMILES string of the molecule is C1CNC1.O=C(O)c1cc(Cl)c(O)c(S(=O)(=O)Nc2cc3ccsc3cc2F)c1.O=C(c1cc(Cl)c(O)c(S(=O)(=O)Nc2cc3ccsc3cc2F)c1)N1CCC1. The molecular formula is C36H30Cl2F2N4O9S4. The molecule has 2 aromatic heterocycles. The number of fused-ring (bicyclic) bond motifs is 2. The molecule has 6 N–H and O–H groups in total. The molecule has 8 rings (SSSR count). The molecule has 0 unspecified atom stereocenters. The fourth-order valence-electron chi connectivity index (χ4n) is 5.21. The van der Waals surface area contributed by atoms with Crippen LogP contribution in [0.25, 0.3) is 20.2 Å². The molecule has 1 amide bonds. The first kappa shape index (κ1) is 41.9. The van der Waals surface area contributed by atoms with E-state index in [1.54, 1.807) is 22.9 Å². The van der Waals surface area contributed by atoms with Gasteiger partial charge in [0.25, 0.3) is 26.0 Å². The molecule has 0 atom stereocenters. The lowest BCUT2D eigenvalue weighted by Gasteiger charge is -2.31. The number of sulfonamides is 2. The Morgan fingerprint density at radius 2 is 1.12 bits per heavy atom. The number of thiophene rings is 2. The second kappa shape index (κ2) is 17.0. The van der Waals surface area contributed by atoms with Gasteiger partial charge in [-0.3, -0.25) is 14.2 Å². The number of carbonyl (C=O) groups excluding carboxylic acids is 1. The third-order valence-corrected chi connectivity index (χ3v) is 13.6. The van der Waals surface area contributed by atoms with Crippen LogP contribution in [0.15, 0.2) is 81.2 Å². The molecule has 2 fully saturated rings. The number of carboxylic acid groups (broad SMARTS) is 1. The molecule has 13 nitrogen and oxygen atoms in total. The highest BCUT2D eigenvalue weighted by Crippen LogP contribution is 2.37. The van der Waals surface area contributed by atoms with Crippen molar-refractivity contribution in [3.05, 3.63) is 104 Å². The normalized spacial score (nSPS) is 13.7. The van der Waals surface area contributed by atoms with Gasteiger partial charge in [0.1, 0.15) is 21.4 Å². The summed E-state index contributed by atoms with van der Waals surface area (Å²) < 4.78 is 84.5. The zero-order valence-electron chi connectivity index (χ0n) is 29.1.